The standard InChI is InChI=1S/C11H9ClN6/c12-7-1-3-8(4-2-7)18-11-9(5-16-18)10(13)17(14)6-15-11/h1-6,13H,14H2. The van der Waals surface area contributed by atoms with Crippen LogP contribution in [0.3, 0.4) is 0 Å². The van der Waals surface area contributed by atoms with Crippen LogP contribution in [-0.2, 0) is 0 Å². The number of nitrogens with zero attached hydrogens (tertiary/aromatic N) is 4. The van der Waals surface area contributed by atoms with Crippen LogP contribution in [0.15, 0.2) is 36.8 Å². The Morgan fingerprint density at radius 3 is 2.67 bits per heavy atom. The second-order valence-corrected chi connectivity index (χ2v) is 4.21. The lowest BCUT2D eigenvalue weighted by Crippen LogP contribution is -2.27. The molecule has 2 aromatic heterocycles. The van der Waals surface area contributed by atoms with Crippen LogP contribution in [0.2, 0.25) is 5.02 Å². The van der Waals surface area contributed by atoms with Gasteiger partial charge >= 0.3 is 0 Å². The molecule has 0 saturated carbocycles. The fourth-order valence-electron chi connectivity index (χ4n) is 1.72. The minimum Gasteiger partial charge on any atom is -0.336 e. The minimum atomic E-state index is 0.167. The van der Waals surface area contributed by atoms with Crippen molar-refractivity contribution < 1.29 is 0 Å². The molecule has 0 aliphatic carbocycles. The molecule has 0 saturated heterocycles. The number of nitrogen functional groups attached to an aromatic ring is 1. The summed E-state index contributed by atoms with van der Waals surface area (Å²) in [6, 6.07) is 7.23. The van der Waals surface area contributed by atoms with Crippen molar-refractivity contribution in [2.75, 3.05) is 5.84 Å². The van der Waals surface area contributed by atoms with Crippen LogP contribution in [0.25, 0.3) is 16.7 Å². The minimum absolute atomic E-state index is 0.167. The van der Waals surface area contributed by atoms with E-state index >= 15 is 0 Å². The Morgan fingerprint density at radius 1 is 1.22 bits per heavy atom. The highest BCUT2D eigenvalue weighted by Crippen LogP contribution is 2.16. The summed E-state index contributed by atoms with van der Waals surface area (Å²) < 4.78 is 2.79. The van der Waals surface area contributed by atoms with Crippen LogP contribution in [0.1, 0.15) is 0 Å². The monoisotopic (exact) mass is 260 g/mol. The third-order valence-corrected chi connectivity index (χ3v) is 2.88. The first-order valence-corrected chi connectivity index (χ1v) is 5.55. The van der Waals surface area contributed by atoms with E-state index in [1.807, 2.05) is 12.1 Å². The smallest absolute Gasteiger partial charge is 0.168 e. The summed E-state index contributed by atoms with van der Waals surface area (Å²) in [6.07, 6.45) is 2.96. The molecule has 18 heavy (non-hydrogen) atoms. The van der Waals surface area contributed by atoms with Crippen molar-refractivity contribution in [3.63, 3.8) is 0 Å². The number of hydrogen-bond acceptors (Lipinski definition) is 4. The summed E-state index contributed by atoms with van der Waals surface area (Å²) in [5.41, 5.74) is 1.58. The topological polar surface area (TPSA) is 85.5 Å². The maximum absolute atomic E-state index is 7.82. The van der Waals surface area contributed by atoms with E-state index in [2.05, 4.69) is 10.1 Å². The lowest BCUT2D eigenvalue weighted by molar-refractivity contribution is 0.851. The van der Waals surface area contributed by atoms with E-state index in [-0.39, 0.29) is 5.49 Å². The Hall–Kier alpha value is -2.34. The predicted molar refractivity (Wildman–Crippen MR) is 67.9 cm³/mol. The third-order valence-electron chi connectivity index (χ3n) is 2.63. The van der Waals surface area contributed by atoms with Crippen LogP contribution in [0.5, 0.6) is 0 Å². The molecule has 0 aliphatic rings. The maximum atomic E-state index is 7.82. The molecule has 0 spiro atoms. The molecule has 2 heterocycles. The van der Waals surface area contributed by atoms with E-state index in [1.54, 1.807) is 23.0 Å². The lowest BCUT2D eigenvalue weighted by atomic mass is 10.3. The first kappa shape index (κ1) is 10.8. The van der Waals surface area contributed by atoms with Gasteiger partial charge < -0.3 is 5.84 Å². The predicted octanol–water partition coefficient (Wildman–Crippen LogP) is 1.07. The molecule has 0 unspecified atom stereocenters. The molecule has 0 aliphatic heterocycles. The van der Waals surface area contributed by atoms with E-state index in [0.717, 1.165) is 10.4 Å². The van der Waals surface area contributed by atoms with Gasteiger partial charge in [0.2, 0.25) is 0 Å². The third kappa shape index (κ3) is 1.54. The Labute approximate surface area is 107 Å². The first-order chi connectivity index (χ1) is 8.66. The highest BCUT2D eigenvalue weighted by molar-refractivity contribution is 6.30. The molecule has 7 heteroatoms. The summed E-state index contributed by atoms with van der Waals surface area (Å²) in [4.78, 5) is 4.19. The average molecular weight is 261 g/mol. The molecule has 3 aromatic rings. The van der Waals surface area contributed by atoms with Crippen molar-refractivity contribution in [2.24, 2.45) is 0 Å². The van der Waals surface area contributed by atoms with Gasteiger partial charge in [-0.1, -0.05) is 11.6 Å². The van der Waals surface area contributed by atoms with Gasteiger partial charge in [0.15, 0.2) is 11.1 Å². The van der Waals surface area contributed by atoms with Gasteiger partial charge in [0.05, 0.1) is 17.3 Å². The van der Waals surface area contributed by atoms with Crippen LogP contribution >= 0.6 is 11.6 Å². The van der Waals surface area contributed by atoms with Crippen LogP contribution in [-0.4, -0.2) is 19.4 Å². The fraction of sp³-hybridized carbons (Fsp3) is 0. The van der Waals surface area contributed by atoms with Gasteiger partial charge in [-0.15, -0.1) is 0 Å². The summed E-state index contributed by atoms with van der Waals surface area (Å²) in [5, 5.41) is 13.3. The molecule has 3 rings (SSSR count). The Bertz CT molecular complexity index is 770. The van der Waals surface area contributed by atoms with Crippen molar-refractivity contribution in [3.8, 4) is 5.69 Å². The lowest BCUT2D eigenvalue weighted by Gasteiger charge is -2.03. The number of nitrogens with one attached hydrogen (secondary N) is 1. The van der Waals surface area contributed by atoms with Gasteiger partial charge in [-0.25, -0.2) is 14.3 Å². The fourth-order valence-corrected chi connectivity index (χ4v) is 1.84. The molecule has 90 valence electrons. The molecule has 0 atom stereocenters. The summed E-state index contributed by atoms with van der Waals surface area (Å²) >= 11 is 5.84. The van der Waals surface area contributed by atoms with E-state index in [4.69, 9.17) is 22.9 Å². The maximum Gasteiger partial charge on any atom is 0.168 e. The van der Waals surface area contributed by atoms with Crippen LogP contribution < -0.4 is 11.3 Å². The van der Waals surface area contributed by atoms with E-state index in [9.17, 15) is 0 Å². The molecular weight excluding hydrogens is 252 g/mol. The van der Waals surface area contributed by atoms with Gasteiger partial charge in [-0.3, -0.25) is 5.41 Å². The molecule has 0 bridgehead atoms. The van der Waals surface area contributed by atoms with Gasteiger partial charge in [0, 0.05) is 5.02 Å². The largest absolute Gasteiger partial charge is 0.336 e. The van der Waals surface area contributed by atoms with Crippen molar-refractivity contribution in [1.29, 1.82) is 5.41 Å². The average Bonchev–Trinajstić information content (AvgIpc) is 2.79. The molecule has 0 radical (unpaired) electrons. The second-order valence-electron chi connectivity index (χ2n) is 3.77. The number of halogens is 1. The molecule has 0 amide bonds. The molecule has 1 aromatic carbocycles. The molecule has 0 fully saturated rings. The number of benzene rings is 1. The first-order valence-electron chi connectivity index (χ1n) is 5.18. The quantitative estimate of drug-likeness (QED) is 0.642. The number of nitrogens with two attached hydrogens (primary N) is 1. The Kier molecular flexibility index (Phi) is 2.31. The van der Waals surface area contributed by atoms with Crippen LogP contribution in [0.4, 0.5) is 0 Å². The van der Waals surface area contributed by atoms with Crippen LogP contribution in [0, 0.1) is 5.41 Å². The number of fused-ring (bicyclic) bond motifs is 1. The highest BCUT2D eigenvalue weighted by Gasteiger charge is 2.08. The zero-order valence-electron chi connectivity index (χ0n) is 9.21. The zero-order valence-corrected chi connectivity index (χ0v) is 9.96. The van der Waals surface area contributed by atoms with E-state index in [0.29, 0.717) is 16.1 Å². The summed E-state index contributed by atoms with van der Waals surface area (Å²) in [5.74, 6) is 5.57. The van der Waals surface area contributed by atoms with Gasteiger partial charge in [-0.2, -0.15) is 5.10 Å². The number of aromatic nitrogens is 4. The Balaban J connectivity index is 2.28. The zero-order chi connectivity index (χ0) is 12.7. The highest BCUT2D eigenvalue weighted by atomic mass is 35.5. The number of hydrogen-bond donors (Lipinski definition) is 2. The second kappa shape index (κ2) is 3.85. The van der Waals surface area contributed by atoms with Crippen molar-refractivity contribution in [2.45, 2.75) is 0 Å². The summed E-state index contributed by atoms with van der Waals surface area (Å²) in [7, 11) is 0. The van der Waals surface area contributed by atoms with Crippen molar-refractivity contribution in [3.05, 3.63) is 47.3 Å². The molecule has 3 N–H and O–H groups in total. The number of rotatable bonds is 1. The van der Waals surface area contributed by atoms with Gasteiger partial charge in [-0.05, 0) is 24.3 Å². The summed E-state index contributed by atoms with van der Waals surface area (Å²) in [6.45, 7) is 0. The van der Waals surface area contributed by atoms with Crippen molar-refractivity contribution >= 4 is 22.6 Å². The van der Waals surface area contributed by atoms with Crippen molar-refractivity contribution in [1.82, 2.24) is 19.4 Å². The normalized spacial score (nSPS) is 10.9. The van der Waals surface area contributed by atoms with E-state index < -0.39 is 0 Å². The molecular formula is C11H9ClN6. The SMILES string of the molecule is N=c1c2cnn(-c3ccc(Cl)cc3)c2ncn1N. The van der Waals surface area contributed by atoms with Gasteiger partial charge in [0.1, 0.15) is 6.33 Å². The van der Waals surface area contributed by atoms with E-state index in [1.165, 1.54) is 6.33 Å². The van der Waals surface area contributed by atoms with Gasteiger partial charge in [0.25, 0.3) is 0 Å². The molecule has 6 nitrogen and oxygen atoms in total. The Morgan fingerprint density at radius 2 is 1.94 bits per heavy atom.